The number of hydrogen-bond acceptors (Lipinski definition) is 6. The number of carbonyl (C=O) groups excluding carboxylic acids is 1. The van der Waals surface area contributed by atoms with Crippen LogP contribution in [0.25, 0.3) is 0 Å². The number of aliphatic imine (C=N–C) groups is 2. The number of amidine groups is 2. The molecule has 0 saturated heterocycles. The minimum atomic E-state index is -0.513. The molecule has 0 aromatic carbocycles. The molecule has 2 atom stereocenters. The summed E-state index contributed by atoms with van der Waals surface area (Å²) in [6.45, 7) is 13.3. The van der Waals surface area contributed by atoms with E-state index < -0.39 is 5.60 Å². The second kappa shape index (κ2) is 12.1. The molecule has 1 amide bonds. The summed E-state index contributed by atoms with van der Waals surface area (Å²) in [6, 6.07) is 0.485. The number of hydrazine groups is 1. The van der Waals surface area contributed by atoms with Crippen LogP contribution in [-0.4, -0.2) is 55.3 Å². The van der Waals surface area contributed by atoms with Crippen LogP contribution in [0, 0.1) is 5.92 Å². The number of ether oxygens (including phenoxy) is 2. The van der Waals surface area contributed by atoms with Crippen LogP contribution < -0.4 is 16.2 Å². The van der Waals surface area contributed by atoms with Crippen LogP contribution in [0.4, 0.5) is 4.79 Å². The van der Waals surface area contributed by atoms with Gasteiger partial charge in [0.15, 0.2) is 0 Å². The molecule has 0 spiro atoms. The lowest BCUT2D eigenvalue weighted by Crippen LogP contribution is -2.49. The zero-order valence-electron chi connectivity index (χ0n) is 18.3. The summed E-state index contributed by atoms with van der Waals surface area (Å²) in [5.41, 5.74) is 5.77. The van der Waals surface area contributed by atoms with Gasteiger partial charge in [-0.25, -0.2) is 20.2 Å². The normalized spacial score (nSPS) is 20.4. The highest BCUT2D eigenvalue weighted by Gasteiger charge is 2.28. The molecule has 0 aromatic heterocycles. The monoisotopic (exact) mass is 408 g/mol. The van der Waals surface area contributed by atoms with E-state index in [0.717, 1.165) is 31.5 Å². The van der Waals surface area contributed by atoms with Gasteiger partial charge < -0.3 is 25.1 Å². The summed E-state index contributed by atoms with van der Waals surface area (Å²) in [5.74, 6) is 0.951. The fraction of sp³-hybridized carbons (Fsp3) is 0.650. The third-order valence-electron chi connectivity index (χ3n) is 4.26. The van der Waals surface area contributed by atoms with Crippen molar-refractivity contribution >= 4 is 18.0 Å². The molecular weight excluding hydrogens is 372 g/mol. The number of methoxy groups -OCH3 is 1. The van der Waals surface area contributed by atoms with Crippen LogP contribution in [0.2, 0.25) is 0 Å². The molecule has 9 heteroatoms. The fourth-order valence-electron chi connectivity index (χ4n) is 3.08. The first-order valence-electron chi connectivity index (χ1n) is 9.81. The van der Waals surface area contributed by atoms with E-state index >= 15 is 0 Å². The molecule has 1 fully saturated rings. The Kier molecular flexibility index (Phi) is 10.2. The van der Waals surface area contributed by atoms with Crippen molar-refractivity contribution in [1.82, 2.24) is 21.1 Å². The van der Waals surface area contributed by atoms with Gasteiger partial charge in [0, 0.05) is 31.4 Å². The molecule has 29 heavy (non-hydrogen) atoms. The molecule has 1 saturated carbocycles. The van der Waals surface area contributed by atoms with Gasteiger partial charge in [0.25, 0.3) is 6.02 Å². The van der Waals surface area contributed by atoms with Crippen molar-refractivity contribution in [2.75, 3.05) is 20.8 Å². The first-order chi connectivity index (χ1) is 13.7. The van der Waals surface area contributed by atoms with Crippen molar-refractivity contribution in [3.63, 3.8) is 0 Å². The van der Waals surface area contributed by atoms with E-state index in [9.17, 15) is 4.79 Å². The van der Waals surface area contributed by atoms with Crippen LogP contribution in [0.1, 0.15) is 46.5 Å². The Hall–Kier alpha value is -2.55. The van der Waals surface area contributed by atoms with Crippen molar-refractivity contribution in [2.45, 2.75) is 58.1 Å². The van der Waals surface area contributed by atoms with Crippen molar-refractivity contribution < 1.29 is 14.3 Å². The molecule has 0 radical (unpaired) electrons. The van der Waals surface area contributed by atoms with Crippen LogP contribution in [0.15, 0.2) is 35.5 Å². The average Bonchev–Trinajstić information content (AvgIpc) is 2.63. The number of nitrogens with zero attached hydrogens (tertiary/aromatic N) is 3. The second-order valence-corrected chi connectivity index (χ2v) is 7.86. The lowest BCUT2D eigenvalue weighted by atomic mass is 9.85. The Bertz CT molecular complexity index is 612. The van der Waals surface area contributed by atoms with Gasteiger partial charge in [0.2, 0.25) is 0 Å². The van der Waals surface area contributed by atoms with E-state index in [0.29, 0.717) is 12.7 Å². The lowest BCUT2D eigenvalue weighted by Gasteiger charge is -2.32. The Morgan fingerprint density at radius 2 is 1.93 bits per heavy atom. The molecule has 164 valence electrons. The third kappa shape index (κ3) is 9.47. The topological polar surface area (TPSA) is 99.6 Å². The first-order valence-corrected chi connectivity index (χ1v) is 9.81. The highest BCUT2D eigenvalue weighted by atomic mass is 16.6. The smallest absolute Gasteiger partial charge is 0.407 e. The fourth-order valence-corrected chi connectivity index (χ4v) is 3.08. The Balaban J connectivity index is 2.61. The quantitative estimate of drug-likeness (QED) is 0.259. The molecule has 1 aliphatic rings. The number of alkyl carbamates (subject to hydrolysis) is 1. The molecule has 1 rings (SSSR count). The van der Waals surface area contributed by atoms with Crippen LogP contribution in [-0.2, 0) is 9.47 Å². The van der Waals surface area contributed by atoms with E-state index in [-0.39, 0.29) is 18.1 Å². The third-order valence-corrected chi connectivity index (χ3v) is 4.26. The van der Waals surface area contributed by atoms with E-state index in [1.807, 2.05) is 27.8 Å². The average molecular weight is 409 g/mol. The van der Waals surface area contributed by atoms with Gasteiger partial charge in [-0.3, -0.25) is 0 Å². The summed E-state index contributed by atoms with van der Waals surface area (Å²) in [6.07, 6.45) is 6.21. The molecule has 0 aromatic rings. The minimum Gasteiger partial charge on any atom is -0.468 e. The molecule has 0 bridgehead atoms. The standard InChI is InChI=1S/C20H36N6O3/c1-8-21-17(25-23-14-26(6)18(28-7)22-9-2)15-11-10-12-16(13-15)24-19(27)29-20(3,4)5/h8-9,15-16,23H,1-2,10-14H2,3-7H3,(H,21,25)(H,24,27)/t15-,16+/m0/s1. The summed E-state index contributed by atoms with van der Waals surface area (Å²) in [5, 5.41) is 2.97. The summed E-state index contributed by atoms with van der Waals surface area (Å²) >= 11 is 0. The highest BCUT2D eigenvalue weighted by Crippen LogP contribution is 2.25. The van der Waals surface area contributed by atoms with E-state index in [2.05, 4.69) is 39.3 Å². The molecule has 0 heterocycles. The molecule has 1 aliphatic carbocycles. The molecule has 0 aliphatic heterocycles. The van der Waals surface area contributed by atoms with E-state index in [4.69, 9.17) is 9.47 Å². The first kappa shape index (κ1) is 24.5. The zero-order chi connectivity index (χ0) is 21.9. The number of amides is 1. The largest absolute Gasteiger partial charge is 0.468 e. The SMILES string of the molecule is C=CN=C(NNCN(C)C(=NC=C)OC)[C@H]1CCC[C@@H](NC(=O)OC(C)(C)C)C1. The van der Waals surface area contributed by atoms with Gasteiger partial charge in [0.1, 0.15) is 11.4 Å². The van der Waals surface area contributed by atoms with Gasteiger partial charge in [-0.1, -0.05) is 19.6 Å². The summed E-state index contributed by atoms with van der Waals surface area (Å²) in [4.78, 5) is 22.3. The maximum absolute atomic E-state index is 12.1. The van der Waals surface area contributed by atoms with Gasteiger partial charge >= 0.3 is 6.09 Å². The predicted octanol–water partition coefficient (Wildman–Crippen LogP) is 2.74. The molecule has 0 unspecified atom stereocenters. The molecule has 9 nitrogen and oxygen atoms in total. The summed E-state index contributed by atoms with van der Waals surface area (Å²) in [7, 11) is 3.39. The number of rotatable bonds is 7. The maximum atomic E-state index is 12.1. The number of carbonyl (C=O) groups is 1. The lowest BCUT2D eigenvalue weighted by molar-refractivity contribution is 0.0489. The highest BCUT2D eigenvalue weighted by molar-refractivity contribution is 5.85. The van der Waals surface area contributed by atoms with Gasteiger partial charge in [-0.15, -0.1) is 0 Å². The van der Waals surface area contributed by atoms with Crippen LogP contribution in [0.3, 0.4) is 0 Å². The van der Waals surface area contributed by atoms with Gasteiger partial charge in [-0.2, -0.15) is 0 Å². The van der Waals surface area contributed by atoms with Crippen molar-refractivity contribution in [1.29, 1.82) is 0 Å². The van der Waals surface area contributed by atoms with Crippen LogP contribution >= 0.6 is 0 Å². The number of nitrogens with one attached hydrogen (secondary N) is 3. The minimum absolute atomic E-state index is 0.0444. The van der Waals surface area contributed by atoms with E-state index in [1.165, 1.54) is 12.4 Å². The van der Waals surface area contributed by atoms with Crippen molar-refractivity contribution in [3.05, 3.63) is 25.6 Å². The summed E-state index contributed by atoms with van der Waals surface area (Å²) < 4.78 is 10.6. The predicted molar refractivity (Wildman–Crippen MR) is 116 cm³/mol. The van der Waals surface area contributed by atoms with Gasteiger partial charge in [0.05, 0.1) is 13.8 Å². The zero-order valence-corrected chi connectivity index (χ0v) is 18.3. The maximum Gasteiger partial charge on any atom is 0.407 e. The number of hydrogen-bond donors (Lipinski definition) is 3. The van der Waals surface area contributed by atoms with Gasteiger partial charge in [-0.05, 0) is 40.0 Å². The Labute approximate surface area is 174 Å². The van der Waals surface area contributed by atoms with Crippen LogP contribution in [0.5, 0.6) is 0 Å². The Morgan fingerprint density at radius 3 is 2.52 bits per heavy atom. The van der Waals surface area contributed by atoms with E-state index in [1.54, 1.807) is 12.0 Å². The molecule has 3 N–H and O–H groups in total. The van der Waals surface area contributed by atoms with Crippen molar-refractivity contribution in [3.8, 4) is 0 Å². The van der Waals surface area contributed by atoms with Crippen molar-refractivity contribution in [2.24, 2.45) is 15.9 Å². The molecular formula is C20H36N6O3. The Morgan fingerprint density at radius 1 is 1.24 bits per heavy atom. The second-order valence-electron chi connectivity index (χ2n) is 7.86.